The summed E-state index contributed by atoms with van der Waals surface area (Å²) < 4.78 is 11.5. The van der Waals surface area contributed by atoms with Gasteiger partial charge in [-0.2, -0.15) is 0 Å². The first-order valence-corrected chi connectivity index (χ1v) is 23.4. The van der Waals surface area contributed by atoms with Crippen molar-refractivity contribution in [2.45, 2.75) is 187 Å². The summed E-state index contributed by atoms with van der Waals surface area (Å²) in [6, 6.07) is 1.85. The van der Waals surface area contributed by atoms with Crippen LogP contribution in [0.25, 0.3) is 0 Å². The Hall–Kier alpha value is -4.50. The minimum Gasteiger partial charge on any atom is -0.507 e. The van der Waals surface area contributed by atoms with Crippen LogP contribution in [0.15, 0.2) is 35.3 Å². The molecule has 15 heteroatoms. The number of hydrogen-bond acceptors (Lipinski definition) is 11. The second-order valence-corrected chi connectivity index (χ2v) is 16.9. The van der Waals surface area contributed by atoms with Crippen molar-refractivity contribution >= 4 is 35.5 Å². The number of hydrogen-bond donors (Lipinski definition) is 5. The largest absolute Gasteiger partial charge is 0.507 e. The Bertz CT molecular complexity index is 1600. The molecule has 0 spiro atoms. The third-order valence-corrected chi connectivity index (χ3v) is 11.7. The molecule has 1 aromatic carbocycles. The number of esters is 1. The van der Waals surface area contributed by atoms with Crippen LogP contribution in [0.1, 0.15) is 167 Å². The summed E-state index contributed by atoms with van der Waals surface area (Å²) in [5.74, 6) is -3.86. The van der Waals surface area contributed by atoms with Crippen LogP contribution in [0, 0.1) is 12.8 Å². The van der Waals surface area contributed by atoms with Gasteiger partial charge in [0.05, 0.1) is 11.5 Å². The molecule has 1 saturated heterocycles. The lowest BCUT2D eigenvalue weighted by Gasteiger charge is -2.27. The molecule has 1 fully saturated rings. The molecule has 2 aliphatic rings. The second-order valence-electron chi connectivity index (χ2n) is 16.9. The second kappa shape index (κ2) is 29.0. The van der Waals surface area contributed by atoms with Gasteiger partial charge in [0.15, 0.2) is 6.04 Å². The quantitative estimate of drug-likeness (QED) is 0.0175. The van der Waals surface area contributed by atoms with Crippen LogP contribution < -0.4 is 10.6 Å². The van der Waals surface area contributed by atoms with Crippen molar-refractivity contribution in [2.75, 3.05) is 19.7 Å². The third-order valence-electron chi connectivity index (χ3n) is 11.7. The van der Waals surface area contributed by atoms with E-state index in [1.165, 1.54) is 82.8 Å². The van der Waals surface area contributed by atoms with Gasteiger partial charge in [-0.1, -0.05) is 116 Å². The van der Waals surface area contributed by atoms with E-state index in [2.05, 4.69) is 22.5 Å². The molecule has 0 aliphatic carbocycles. The molecule has 4 amide bonds. The zero-order valence-corrected chi connectivity index (χ0v) is 37.8. The van der Waals surface area contributed by atoms with Crippen molar-refractivity contribution in [2.24, 2.45) is 10.9 Å². The van der Waals surface area contributed by atoms with E-state index in [-0.39, 0.29) is 44.2 Å². The van der Waals surface area contributed by atoms with E-state index >= 15 is 0 Å². The van der Waals surface area contributed by atoms with Crippen LogP contribution in [0.2, 0.25) is 0 Å². The average molecular weight is 870 g/mol. The number of aliphatic imine (C=N–C) groups is 1. The van der Waals surface area contributed by atoms with Gasteiger partial charge < -0.3 is 25.2 Å². The molecular formula is C47H75N5O10. The molecule has 0 radical (unpaired) electrons. The number of hydroxylamine groups is 4. The predicted molar refractivity (Wildman–Crippen MR) is 236 cm³/mol. The number of nitrogens with one attached hydrogen (secondary N) is 2. The molecule has 348 valence electrons. The van der Waals surface area contributed by atoms with E-state index in [1.54, 1.807) is 39.0 Å². The van der Waals surface area contributed by atoms with Gasteiger partial charge in [-0.3, -0.25) is 29.6 Å². The lowest BCUT2D eigenvalue weighted by atomic mass is 10.00. The summed E-state index contributed by atoms with van der Waals surface area (Å²) in [6.07, 6.45) is 22.0. The molecule has 0 bridgehead atoms. The molecule has 15 nitrogen and oxygen atoms in total. The van der Waals surface area contributed by atoms with Gasteiger partial charge in [0.1, 0.15) is 30.5 Å². The number of amides is 4. The van der Waals surface area contributed by atoms with Crippen molar-refractivity contribution in [1.29, 1.82) is 0 Å². The van der Waals surface area contributed by atoms with Crippen LogP contribution in [-0.4, -0.2) is 105 Å². The highest BCUT2D eigenvalue weighted by molar-refractivity contribution is 6.01. The van der Waals surface area contributed by atoms with Crippen molar-refractivity contribution in [3.8, 4) is 5.75 Å². The van der Waals surface area contributed by atoms with Crippen LogP contribution in [0.4, 0.5) is 0 Å². The van der Waals surface area contributed by atoms with Gasteiger partial charge in [-0.15, -0.1) is 0 Å². The predicted octanol–water partition coefficient (Wildman–Crippen LogP) is 7.60. The summed E-state index contributed by atoms with van der Waals surface area (Å²) in [6.45, 7) is 7.41. The molecule has 5 N–H and O–H groups in total. The number of rotatable bonds is 29. The fourth-order valence-corrected chi connectivity index (χ4v) is 7.76. The lowest BCUT2D eigenvalue weighted by molar-refractivity contribution is -0.167. The van der Waals surface area contributed by atoms with Gasteiger partial charge in [-0.05, 0) is 76.3 Å². The Labute approximate surface area is 369 Å². The van der Waals surface area contributed by atoms with E-state index in [0.29, 0.717) is 53.4 Å². The molecule has 0 unspecified atom stereocenters. The van der Waals surface area contributed by atoms with Gasteiger partial charge in [-0.25, -0.2) is 19.9 Å². The van der Waals surface area contributed by atoms with Crippen LogP contribution in [0.5, 0.6) is 5.75 Å². The third kappa shape index (κ3) is 18.1. The summed E-state index contributed by atoms with van der Waals surface area (Å²) in [5, 5.41) is 37.5. The molecule has 5 atom stereocenters. The lowest BCUT2D eigenvalue weighted by Crippen LogP contribution is -2.50. The minimum atomic E-state index is -1.17. The molecule has 1 aromatic rings. The monoisotopic (exact) mass is 870 g/mol. The Balaban J connectivity index is 1.51. The molecule has 62 heavy (non-hydrogen) atoms. The number of nitrogens with zero attached hydrogens (tertiary/aromatic N) is 3. The number of phenolic OH excluding ortho intramolecular Hbond substituents is 1. The highest BCUT2D eigenvalue weighted by atomic mass is 16.5. The van der Waals surface area contributed by atoms with E-state index in [1.807, 2.05) is 0 Å². The first-order valence-electron chi connectivity index (χ1n) is 23.4. The molecule has 3 rings (SSSR count). The normalized spacial score (nSPS) is 18.1. The average Bonchev–Trinajstić information content (AvgIpc) is 3.69. The number of benzene rings is 1. The minimum absolute atomic E-state index is 0.00160. The molecular weight excluding hydrogens is 795 g/mol. The summed E-state index contributed by atoms with van der Waals surface area (Å²) >= 11 is 0. The van der Waals surface area contributed by atoms with E-state index in [0.717, 1.165) is 19.3 Å². The zero-order chi connectivity index (χ0) is 45.3. The van der Waals surface area contributed by atoms with Gasteiger partial charge in [0.2, 0.25) is 17.7 Å². The fourth-order valence-electron chi connectivity index (χ4n) is 7.76. The van der Waals surface area contributed by atoms with E-state index < -0.39 is 59.7 Å². The van der Waals surface area contributed by atoms with E-state index in [9.17, 15) is 39.5 Å². The Morgan fingerprint density at radius 1 is 0.968 bits per heavy atom. The van der Waals surface area contributed by atoms with Crippen LogP contribution in [0.3, 0.4) is 0 Å². The van der Waals surface area contributed by atoms with Crippen molar-refractivity contribution < 1.29 is 49.0 Å². The molecule has 0 saturated carbocycles. The number of carbonyl (C=O) groups is 5. The van der Waals surface area contributed by atoms with E-state index in [4.69, 9.17) is 9.47 Å². The summed E-state index contributed by atoms with van der Waals surface area (Å²) in [7, 11) is 0. The number of phenols is 1. The number of ether oxygens (including phenoxy) is 2. The van der Waals surface area contributed by atoms with Gasteiger partial charge >= 0.3 is 5.97 Å². The number of allylic oxidation sites excluding steroid dienone is 1. The maximum atomic E-state index is 13.8. The molecule has 2 heterocycles. The smallest absolute Gasteiger partial charge is 0.328 e. The number of carbonyl (C=O) groups excluding carboxylic acids is 5. The standard InChI is InChI=1S/C47H75N5O10/c1-5-7-8-9-10-11-12-13-14-15-16-17-18-19-20-30-41(54)51(59)31-23-22-28-37(49-44(56)38-33-61-45(50-38)42-34(3)26-25-29-39(42)53)47(58)62-40(6-2)35(4)43(55)48-36-27-21-24-32-52(60)46(36)57/h20,25-26,29-30,35-38,40,53,59-60H,5-19,21-24,27-28,31-33H2,1-4H3,(H,48,55)(H,49,56)/t35-,36+,37+,38-,40-/m1/s1. The topological polar surface area (TPSA) is 207 Å². The molecule has 0 aromatic heterocycles. The zero-order valence-electron chi connectivity index (χ0n) is 37.8. The number of aromatic hydroxyl groups is 1. The van der Waals surface area contributed by atoms with Gasteiger partial charge in [0.25, 0.3) is 11.8 Å². The molecule has 2 aliphatic heterocycles. The van der Waals surface area contributed by atoms with Crippen LogP contribution in [-0.2, 0) is 33.4 Å². The first kappa shape index (κ1) is 51.8. The SMILES string of the molecule is CCCCCCCCCCCCCCCC=CC(=O)N(O)CCCC[C@H](NC(=O)[C@H]1COC(c2c(C)cccc2O)=N1)C(=O)O[C@H](CC)[C@@H](C)C(=O)N[C@H]1CCCCN(O)C1=O. The Morgan fingerprint density at radius 3 is 2.27 bits per heavy atom. The summed E-state index contributed by atoms with van der Waals surface area (Å²) in [5.41, 5.74) is 1.07. The number of aryl methyl sites for hydroxylation is 1. The van der Waals surface area contributed by atoms with Crippen molar-refractivity contribution in [3.63, 3.8) is 0 Å². The summed E-state index contributed by atoms with van der Waals surface area (Å²) in [4.78, 5) is 70.1. The maximum absolute atomic E-state index is 13.8. The highest BCUT2D eigenvalue weighted by Crippen LogP contribution is 2.25. The van der Waals surface area contributed by atoms with Crippen LogP contribution >= 0.6 is 0 Å². The van der Waals surface area contributed by atoms with Crippen molar-refractivity contribution in [3.05, 3.63) is 41.5 Å². The van der Waals surface area contributed by atoms with Gasteiger partial charge in [0, 0.05) is 19.2 Å². The van der Waals surface area contributed by atoms with Crippen molar-refractivity contribution in [1.82, 2.24) is 20.8 Å². The fraction of sp³-hybridized carbons (Fsp3) is 0.702. The highest BCUT2D eigenvalue weighted by Gasteiger charge is 2.36. The maximum Gasteiger partial charge on any atom is 0.328 e. The first-order chi connectivity index (χ1) is 29.9. The Kier molecular flexibility index (Phi) is 24.2. The number of unbranched alkanes of at least 4 members (excludes halogenated alkanes) is 14. The Morgan fingerprint density at radius 2 is 1.63 bits per heavy atom.